The summed E-state index contributed by atoms with van der Waals surface area (Å²) in [6.45, 7) is 3.35. The molecule has 0 aliphatic carbocycles. The van der Waals surface area contributed by atoms with Crippen molar-refractivity contribution >= 4 is 26.8 Å². The Morgan fingerprint density at radius 2 is 1.51 bits per heavy atom. The fraction of sp³-hybridized carbons (Fsp3) is 0.143. The molecule has 0 saturated carbocycles. The quantitative estimate of drug-likeness (QED) is 0.213. The van der Waals surface area contributed by atoms with E-state index in [1.54, 1.807) is 12.1 Å². The number of nitrogens with zero attached hydrogens (tertiary/aromatic N) is 3. The molecular formula is C28H23BrFN3O2. The molecule has 0 radical (unpaired) electrons. The lowest BCUT2D eigenvalue weighted by atomic mass is 10.1. The normalized spacial score (nSPS) is 11.1. The number of ether oxygens (including phenoxy) is 2. The van der Waals surface area contributed by atoms with Crippen LogP contribution < -0.4 is 9.47 Å². The molecule has 5 nitrogen and oxygen atoms in total. The third kappa shape index (κ3) is 5.05. The smallest absolute Gasteiger partial charge is 0.226 e. The highest BCUT2D eigenvalue weighted by Gasteiger charge is 2.20. The summed E-state index contributed by atoms with van der Waals surface area (Å²) in [5.74, 6) is 0.469. The van der Waals surface area contributed by atoms with Crippen LogP contribution in [0, 0.1) is 5.82 Å². The lowest BCUT2D eigenvalue weighted by Crippen LogP contribution is -2.03. The van der Waals surface area contributed by atoms with Crippen molar-refractivity contribution in [2.75, 3.05) is 0 Å². The molecule has 0 spiro atoms. The number of aryl methyl sites for hydroxylation is 1. The molecule has 176 valence electrons. The Kier molecular flexibility index (Phi) is 6.77. The first kappa shape index (κ1) is 23.1. The first-order valence-corrected chi connectivity index (χ1v) is 12.1. The Morgan fingerprint density at radius 1 is 0.857 bits per heavy atom. The van der Waals surface area contributed by atoms with Gasteiger partial charge in [0.1, 0.15) is 24.7 Å². The molecule has 0 N–H and O–H groups in total. The van der Waals surface area contributed by atoms with Crippen molar-refractivity contribution in [3.63, 3.8) is 0 Å². The van der Waals surface area contributed by atoms with Crippen LogP contribution in [0.1, 0.15) is 18.1 Å². The Labute approximate surface area is 211 Å². The first-order valence-electron chi connectivity index (χ1n) is 11.3. The van der Waals surface area contributed by atoms with Crippen molar-refractivity contribution < 1.29 is 13.9 Å². The molecule has 0 amide bonds. The van der Waals surface area contributed by atoms with E-state index < -0.39 is 0 Å². The molecule has 7 heteroatoms. The van der Waals surface area contributed by atoms with Crippen molar-refractivity contribution in [1.29, 1.82) is 0 Å². The Bertz CT molecular complexity index is 1460. The number of halogens is 2. The average Bonchev–Trinajstić information content (AvgIpc) is 3.24. The van der Waals surface area contributed by atoms with Crippen LogP contribution in [-0.4, -0.2) is 14.8 Å². The molecule has 35 heavy (non-hydrogen) atoms. The van der Waals surface area contributed by atoms with E-state index in [1.165, 1.54) is 6.07 Å². The van der Waals surface area contributed by atoms with E-state index in [2.05, 4.69) is 20.9 Å². The highest BCUT2D eigenvalue weighted by atomic mass is 79.9. The van der Waals surface area contributed by atoms with E-state index >= 15 is 0 Å². The van der Waals surface area contributed by atoms with Crippen LogP contribution in [0.3, 0.4) is 0 Å². The summed E-state index contributed by atoms with van der Waals surface area (Å²) in [6, 6.07) is 26.7. The van der Waals surface area contributed by atoms with Gasteiger partial charge >= 0.3 is 0 Å². The highest BCUT2D eigenvalue weighted by Crippen LogP contribution is 2.37. The minimum absolute atomic E-state index is 0.329. The molecular weight excluding hydrogens is 509 g/mol. The Morgan fingerprint density at radius 3 is 2.17 bits per heavy atom. The predicted octanol–water partition coefficient (Wildman–Crippen LogP) is 7.18. The van der Waals surface area contributed by atoms with Crippen molar-refractivity contribution in [1.82, 2.24) is 14.8 Å². The maximum atomic E-state index is 14.5. The molecule has 0 unspecified atom stereocenters. The summed E-state index contributed by atoms with van der Waals surface area (Å²) >= 11 is 3.29. The number of pyridine rings is 1. The standard InChI is InChI=1S/C28H23BrFN3O2/c1-2-33-25-16-23(29)24(30)15-22(25)27(32-33)21-13-14-26(34-17-19-9-5-3-6-10-19)31-28(21)35-18-20-11-7-4-8-12-20/h3-16H,2,17-18H2,1H3. The summed E-state index contributed by atoms with van der Waals surface area (Å²) in [6.07, 6.45) is 0. The van der Waals surface area contributed by atoms with Crippen LogP contribution in [0.25, 0.3) is 22.2 Å². The average molecular weight is 532 g/mol. The predicted molar refractivity (Wildman–Crippen MR) is 138 cm³/mol. The zero-order chi connectivity index (χ0) is 24.2. The third-order valence-corrected chi connectivity index (χ3v) is 6.24. The van der Waals surface area contributed by atoms with Gasteiger partial charge in [-0.25, -0.2) is 4.39 Å². The number of aromatic nitrogens is 3. The molecule has 3 aromatic carbocycles. The monoisotopic (exact) mass is 531 g/mol. The van der Waals surface area contributed by atoms with Gasteiger partial charge in [0.05, 0.1) is 15.6 Å². The lowest BCUT2D eigenvalue weighted by Gasteiger charge is -2.12. The Balaban J connectivity index is 1.54. The van der Waals surface area contributed by atoms with Gasteiger partial charge in [-0.3, -0.25) is 4.68 Å². The van der Waals surface area contributed by atoms with E-state index in [0.717, 1.165) is 16.6 Å². The summed E-state index contributed by atoms with van der Waals surface area (Å²) in [4.78, 5) is 4.66. The fourth-order valence-corrected chi connectivity index (χ4v) is 4.19. The molecule has 0 saturated heterocycles. The van der Waals surface area contributed by atoms with Gasteiger partial charge in [0.2, 0.25) is 11.8 Å². The van der Waals surface area contributed by atoms with E-state index in [9.17, 15) is 4.39 Å². The molecule has 0 aliphatic rings. The summed E-state index contributed by atoms with van der Waals surface area (Å²) < 4.78 is 28.9. The van der Waals surface area contributed by atoms with Gasteiger partial charge in [-0.05, 0) is 52.2 Å². The highest BCUT2D eigenvalue weighted by molar-refractivity contribution is 9.10. The minimum Gasteiger partial charge on any atom is -0.473 e. The maximum Gasteiger partial charge on any atom is 0.226 e. The van der Waals surface area contributed by atoms with E-state index in [4.69, 9.17) is 14.6 Å². The number of hydrogen-bond donors (Lipinski definition) is 0. The van der Waals surface area contributed by atoms with Gasteiger partial charge in [0.25, 0.3) is 0 Å². The molecule has 0 bridgehead atoms. The van der Waals surface area contributed by atoms with Crippen molar-refractivity contribution in [3.8, 4) is 23.0 Å². The van der Waals surface area contributed by atoms with Gasteiger partial charge in [-0.1, -0.05) is 60.7 Å². The van der Waals surface area contributed by atoms with Gasteiger partial charge < -0.3 is 9.47 Å². The lowest BCUT2D eigenvalue weighted by molar-refractivity contribution is 0.268. The van der Waals surface area contributed by atoms with Gasteiger partial charge in [0, 0.05) is 18.0 Å². The molecule has 0 aliphatic heterocycles. The summed E-state index contributed by atoms with van der Waals surface area (Å²) in [5.41, 5.74) is 4.16. The van der Waals surface area contributed by atoms with E-state index in [0.29, 0.717) is 52.6 Å². The maximum absolute atomic E-state index is 14.5. The van der Waals surface area contributed by atoms with E-state index in [-0.39, 0.29) is 5.82 Å². The molecule has 0 fully saturated rings. The minimum atomic E-state index is -0.350. The number of benzene rings is 3. The van der Waals surface area contributed by atoms with Crippen LogP contribution in [0.2, 0.25) is 0 Å². The fourth-order valence-electron chi connectivity index (χ4n) is 3.86. The second-order valence-corrected chi connectivity index (χ2v) is 8.85. The molecule has 0 atom stereocenters. The van der Waals surface area contributed by atoms with Crippen LogP contribution in [0.4, 0.5) is 4.39 Å². The van der Waals surface area contributed by atoms with Crippen LogP contribution >= 0.6 is 15.9 Å². The van der Waals surface area contributed by atoms with E-state index in [1.807, 2.05) is 78.3 Å². The first-order chi connectivity index (χ1) is 17.1. The molecule has 2 aromatic heterocycles. The zero-order valence-corrected chi connectivity index (χ0v) is 20.7. The van der Waals surface area contributed by atoms with Gasteiger partial charge in [0.15, 0.2) is 0 Å². The molecule has 2 heterocycles. The van der Waals surface area contributed by atoms with Crippen LogP contribution in [0.5, 0.6) is 11.8 Å². The third-order valence-electron chi connectivity index (χ3n) is 5.63. The van der Waals surface area contributed by atoms with Crippen LogP contribution in [-0.2, 0) is 19.8 Å². The largest absolute Gasteiger partial charge is 0.473 e. The number of rotatable bonds is 8. The topological polar surface area (TPSA) is 49.2 Å². The molecule has 5 aromatic rings. The van der Waals surface area contributed by atoms with Gasteiger partial charge in [-0.2, -0.15) is 10.1 Å². The van der Waals surface area contributed by atoms with Crippen molar-refractivity contribution in [3.05, 3.63) is 106 Å². The SMILES string of the molecule is CCn1nc(-c2ccc(OCc3ccccc3)nc2OCc2ccccc2)c2cc(F)c(Br)cc21. The van der Waals surface area contributed by atoms with Gasteiger partial charge in [-0.15, -0.1) is 0 Å². The second kappa shape index (κ2) is 10.3. The summed E-state index contributed by atoms with van der Waals surface area (Å²) in [5, 5.41) is 5.46. The second-order valence-electron chi connectivity index (χ2n) is 8.00. The number of fused-ring (bicyclic) bond motifs is 1. The summed E-state index contributed by atoms with van der Waals surface area (Å²) in [7, 11) is 0. The number of hydrogen-bond acceptors (Lipinski definition) is 4. The Hall–Kier alpha value is -3.71. The van der Waals surface area contributed by atoms with Crippen LogP contribution in [0.15, 0.2) is 89.4 Å². The van der Waals surface area contributed by atoms with Crippen molar-refractivity contribution in [2.45, 2.75) is 26.7 Å². The zero-order valence-electron chi connectivity index (χ0n) is 19.1. The van der Waals surface area contributed by atoms with Crippen molar-refractivity contribution in [2.24, 2.45) is 0 Å². The molecule has 5 rings (SSSR count).